The number of fused-ring (bicyclic) bond motifs is 2. The van der Waals surface area contributed by atoms with E-state index in [1.165, 1.54) is 4.57 Å². The maximum absolute atomic E-state index is 13.6. The molecule has 3 heterocycles. The fourth-order valence-corrected chi connectivity index (χ4v) is 5.10. The van der Waals surface area contributed by atoms with Gasteiger partial charge in [-0.05, 0) is 49.4 Å². The van der Waals surface area contributed by atoms with Gasteiger partial charge in [0.2, 0.25) is 5.91 Å². The molecule has 9 heteroatoms. The van der Waals surface area contributed by atoms with Crippen LogP contribution in [0, 0.1) is 0 Å². The van der Waals surface area contributed by atoms with Crippen molar-refractivity contribution in [2.24, 2.45) is 0 Å². The summed E-state index contributed by atoms with van der Waals surface area (Å²) in [4.78, 5) is 42.6. The van der Waals surface area contributed by atoms with Crippen molar-refractivity contribution in [3.05, 3.63) is 64.6 Å². The number of rotatable bonds is 2. The molecule has 2 aromatic carbocycles. The summed E-state index contributed by atoms with van der Waals surface area (Å²) in [6.45, 7) is 1.39. The van der Waals surface area contributed by atoms with Gasteiger partial charge in [-0.3, -0.25) is 14.2 Å². The average Bonchev–Trinajstić information content (AvgIpc) is 3.21. The topological polar surface area (TPSA) is 94.2 Å². The third-order valence-corrected chi connectivity index (χ3v) is 7.08. The number of ether oxygens (including phenoxy) is 2. The number of carbonyl (C=O) groups excluding carboxylic acids is 2. The van der Waals surface area contributed by atoms with E-state index in [1.54, 1.807) is 41.1 Å². The predicted molar refractivity (Wildman–Crippen MR) is 133 cm³/mol. The van der Waals surface area contributed by atoms with Crippen LogP contribution < -0.4 is 10.5 Å². The maximum atomic E-state index is 13.6. The van der Waals surface area contributed by atoms with Crippen molar-refractivity contribution in [3.63, 3.8) is 0 Å². The Balaban J connectivity index is 1.34. The summed E-state index contributed by atoms with van der Waals surface area (Å²) >= 11 is 0. The average molecular weight is 494 g/mol. The molecular formula is C27H31N3O6. The molecule has 3 aromatic rings. The largest absolute Gasteiger partial charge is 0.491 e. The van der Waals surface area contributed by atoms with Crippen LogP contribution in [0.15, 0.2) is 57.7 Å². The van der Waals surface area contributed by atoms with Gasteiger partial charge in [0.25, 0.3) is 5.91 Å². The Labute approximate surface area is 209 Å². The molecule has 1 saturated heterocycles. The number of aryl methyl sites for hydroxylation is 1. The number of oxazole rings is 1. The van der Waals surface area contributed by atoms with Gasteiger partial charge in [-0.25, -0.2) is 4.79 Å². The van der Waals surface area contributed by atoms with Crippen LogP contribution in [0.3, 0.4) is 0 Å². The van der Waals surface area contributed by atoms with E-state index in [0.29, 0.717) is 37.2 Å². The van der Waals surface area contributed by atoms with Crippen molar-refractivity contribution < 1.29 is 23.5 Å². The summed E-state index contributed by atoms with van der Waals surface area (Å²) in [5.41, 5.74) is 1.04. The molecule has 2 amide bonds. The minimum Gasteiger partial charge on any atom is -0.491 e. The van der Waals surface area contributed by atoms with Crippen LogP contribution in [-0.4, -0.2) is 71.7 Å². The highest BCUT2D eigenvalue weighted by molar-refractivity contribution is 5.87. The first-order valence-corrected chi connectivity index (χ1v) is 12.4. The van der Waals surface area contributed by atoms with Crippen molar-refractivity contribution in [2.75, 3.05) is 39.9 Å². The summed E-state index contributed by atoms with van der Waals surface area (Å²) in [7, 11) is 1.74. The number of carbonyl (C=O) groups is 2. The third-order valence-electron chi connectivity index (χ3n) is 7.08. The zero-order chi connectivity index (χ0) is 25.1. The Kier molecular flexibility index (Phi) is 6.82. The summed E-state index contributed by atoms with van der Waals surface area (Å²) in [6, 6.07) is 15.0. The second-order valence-electron chi connectivity index (χ2n) is 9.47. The van der Waals surface area contributed by atoms with Crippen molar-refractivity contribution in [3.8, 4) is 5.75 Å². The Morgan fingerprint density at radius 1 is 1.00 bits per heavy atom. The van der Waals surface area contributed by atoms with Gasteiger partial charge in [-0.1, -0.05) is 30.3 Å². The molecule has 0 N–H and O–H groups in total. The second-order valence-corrected chi connectivity index (χ2v) is 9.47. The van der Waals surface area contributed by atoms with Crippen molar-refractivity contribution in [1.82, 2.24) is 14.4 Å². The molecule has 1 fully saturated rings. The van der Waals surface area contributed by atoms with E-state index in [-0.39, 0.29) is 31.5 Å². The van der Waals surface area contributed by atoms with E-state index >= 15 is 0 Å². The van der Waals surface area contributed by atoms with Gasteiger partial charge in [0.1, 0.15) is 18.9 Å². The normalized spacial score (nSPS) is 21.5. The zero-order valence-corrected chi connectivity index (χ0v) is 20.5. The monoisotopic (exact) mass is 493 g/mol. The van der Waals surface area contributed by atoms with Crippen LogP contribution in [0.4, 0.5) is 0 Å². The maximum Gasteiger partial charge on any atom is 0.420 e. The SMILES string of the molecule is CN1CCOc2ccccc2CCCCC2(CN(C(=O)Cn3c(=O)oc4ccccc43)CCO2)C1=O. The van der Waals surface area contributed by atoms with E-state index in [9.17, 15) is 14.4 Å². The van der Waals surface area contributed by atoms with Gasteiger partial charge in [0.05, 0.1) is 25.2 Å². The van der Waals surface area contributed by atoms with Crippen molar-refractivity contribution in [1.29, 1.82) is 0 Å². The van der Waals surface area contributed by atoms with Gasteiger partial charge < -0.3 is 23.7 Å². The first kappa shape index (κ1) is 24.1. The number of benzene rings is 2. The lowest BCUT2D eigenvalue weighted by atomic mass is 9.91. The summed E-state index contributed by atoms with van der Waals surface area (Å²) < 4.78 is 18.7. The van der Waals surface area contributed by atoms with E-state index in [1.807, 2.05) is 18.2 Å². The fourth-order valence-electron chi connectivity index (χ4n) is 5.10. The smallest absolute Gasteiger partial charge is 0.420 e. The van der Waals surface area contributed by atoms with Crippen molar-refractivity contribution in [2.45, 2.75) is 37.8 Å². The highest BCUT2D eigenvalue weighted by atomic mass is 16.5. The molecule has 2 aliphatic heterocycles. The Bertz CT molecular complexity index is 1310. The van der Waals surface area contributed by atoms with Gasteiger partial charge >= 0.3 is 5.76 Å². The van der Waals surface area contributed by atoms with Crippen LogP contribution in [0.2, 0.25) is 0 Å². The lowest BCUT2D eigenvalue weighted by Crippen LogP contribution is -2.61. The predicted octanol–water partition coefficient (Wildman–Crippen LogP) is 2.46. The quantitative estimate of drug-likeness (QED) is 0.545. The number of amides is 2. The van der Waals surface area contributed by atoms with Crippen LogP contribution in [0.1, 0.15) is 24.8 Å². The molecule has 1 unspecified atom stereocenters. The van der Waals surface area contributed by atoms with Gasteiger partial charge in [-0.15, -0.1) is 0 Å². The molecule has 0 radical (unpaired) electrons. The van der Waals surface area contributed by atoms with E-state index in [2.05, 4.69) is 6.07 Å². The van der Waals surface area contributed by atoms with Gasteiger partial charge in [0.15, 0.2) is 11.2 Å². The minimum absolute atomic E-state index is 0.150. The Morgan fingerprint density at radius 2 is 1.81 bits per heavy atom. The molecule has 5 rings (SSSR count). The number of morpholine rings is 1. The molecule has 9 nitrogen and oxygen atoms in total. The first-order valence-electron chi connectivity index (χ1n) is 12.4. The molecule has 0 bridgehead atoms. The number of nitrogens with zero attached hydrogens (tertiary/aromatic N) is 3. The van der Waals surface area contributed by atoms with Gasteiger partial charge in [-0.2, -0.15) is 0 Å². The number of hydrogen-bond acceptors (Lipinski definition) is 6. The van der Waals surface area contributed by atoms with Crippen LogP contribution >= 0.6 is 0 Å². The Morgan fingerprint density at radius 3 is 2.69 bits per heavy atom. The van der Waals surface area contributed by atoms with Crippen LogP contribution in [-0.2, 0) is 27.3 Å². The van der Waals surface area contributed by atoms with Crippen LogP contribution in [0.5, 0.6) is 5.75 Å². The zero-order valence-electron chi connectivity index (χ0n) is 20.5. The Hall–Kier alpha value is -3.59. The molecular weight excluding hydrogens is 462 g/mol. The highest BCUT2D eigenvalue weighted by Gasteiger charge is 2.46. The van der Waals surface area contributed by atoms with E-state index in [0.717, 1.165) is 30.6 Å². The summed E-state index contributed by atoms with van der Waals surface area (Å²) in [6.07, 6.45) is 2.99. The first-order chi connectivity index (χ1) is 17.5. The molecule has 36 heavy (non-hydrogen) atoms. The van der Waals surface area contributed by atoms with E-state index < -0.39 is 11.4 Å². The molecule has 1 spiro atoms. The summed E-state index contributed by atoms with van der Waals surface area (Å²) in [5.74, 6) is -0.107. The lowest BCUT2D eigenvalue weighted by Gasteiger charge is -2.43. The second kappa shape index (κ2) is 10.2. The molecule has 190 valence electrons. The molecule has 1 aromatic heterocycles. The van der Waals surface area contributed by atoms with Crippen LogP contribution in [0.25, 0.3) is 11.1 Å². The summed E-state index contributed by atoms with van der Waals surface area (Å²) in [5, 5.41) is 0. The van der Waals surface area contributed by atoms with Crippen molar-refractivity contribution >= 4 is 22.9 Å². The number of hydrogen-bond donors (Lipinski definition) is 0. The number of para-hydroxylation sites is 3. The fraction of sp³-hybridized carbons (Fsp3) is 0.444. The lowest BCUT2D eigenvalue weighted by molar-refractivity contribution is -0.175. The number of likely N-dealkylation sites (N-methyl/N-ethyl adjacent to an activating group) is 1. The standard InChI is InChI=1S/C27H31N3O6/c1-28-14-16-34-22-11-4-2-8-20(22)9-6-7-13-27(25(28)32)19-29(15-17-35-27)24(31)18-30-21-10-3-5-12-23(21)36-26(30)33/h2-5,8,10-12H,6-7,9,13-19H2,1H3. The molecule has 0 saturated carbocycles. The number of aromatic nitrogens is 1. The minimum atomic E-state index is -1.12. The van der Waals surface area contributed by atoms with Gasteiger partial charge in [0, 0.05) is 13.6 Å². The third kappa shape index (κ3) is 4.75. The molecule has 1 atom stereocenters. The molecule has 0 aliphatic carbocycles. The van der Waals surface area contributed by atoms with E-state index in [4.69, 9.17) is 13.9 Å². The molecule has 2 aliphatic rings. The highest BCUT2D eigenvalue weighted by Crippen LogP contribution is 2.29.